The van der Waals surface area contributed by atoms with Gasteiger partial charge in [0.25, 0.3) is 0 Å². The summed E-state index contributed by atoms with van der Waals surface area (Å²) in [6.07, 6.45) is 4.85. The van der Waals surface area contributed by atoms with Crippen LogP contribution in [-0.2, 0) is 6.54 Å². The molecule has 0 spiro atoms. The van der Waals surface area contributed by atoms with Gasteiger partial charge in [0.15, 0.2) is 0 Å². The van der Waals surface area contributed by atoms with Crippen molar-refractivity contribution in [2.24, 2.45) is 5.92 Å². The van der Waals surface area contributed by atoms with E-state index in [0.717, 1.165) is 24.4 Å². The Hall–Kier alpha value is -0.930. The molecule has 106 valence electrons. The minimum atomic E-state index is 0.303. The van der Waals surface area contributed by atoms with E-state index >= 15 is 0 Å². The number of aliphatic hydroxyl groups is 1. The summed E-state index contributed by atoms with van der Waals surface area (Å²) in [7, 11) is 0. The Labute approximate surface area is 116 Å². The van der Waals surface area contributed by atoms with Crippen LogP contribution in [-0.4, -0.2) is 22.7 Å². The molecule has 3 heteroatoms. The molecule has 1 aliphatic carbocycles. The van der Waals surface area contributed by atoms with E-state index in [2.05, 4.69) is 42.3 Å². The van der Waals surface area contributed by atoms with Crippen LogP contribution in [0.5, 0.6) is 0 Å². The molecule has 2 rings (SSSR count). The van der Waals surface area contributed by atoms with Crippen LogP contribution in [0.2, 0.25) is 0 Å². The van der Waals surface area contributed by atoms with E-state index in [1.54, 1.807) is 0 Å². The lowest BCUT2D eigenvalue weighted by molar-refractivity contribution is 0.152. The topological polar surface area (TPSA) is 45.1 Å². The lowest BCUT2D eigenvalue weighted by atomic mass is 9.85. The Morgan fingerprint density at radius 3 is 2.84 bits per heavy atom. The summed E-state index contributed by atoms with van der Waals surface area (Å²) < 4.78 is 0. The third-order valence-electron chi connectivity index (χ3n) is 4.11. The highest BCUT2D eigenvalue weighted by Gasteiger charge is 2.23. The largest absolute Gasteiger partial charge is 0.396 e. The van der Waals surface area contributed by atoms with Crippen molar-refractivity contribution < 1.29 is 5.11 Å². The van der Waals surface area contributed by atoms with Crippen molar-refractivity contribution >= 4 is 0 Å². The summed E-state index contributed by atoms with van der Waals surface area (Å²) in [5, 5.41) is 13.0. The molecule has 0 aliphatic heterocycles. The first-order valence-corrected chi connectivity index (χ1v) is 7.50. The van der Waals surface area contributed by atoms with Crippen molar-refractivity contribution in [2.45, 2.75) is 58.0 Å². The minimum absolute atomic E-state index is 0.303. The highest BCUT2D eigenvalue weighted by Crippen LogP contribution is 2.24. The van der Waals surface area contributed by atoms with Crippen LogP contribution in [0.1, 0.15) is 56.8 Å². The van der Waals surface area contributed by atoms with Crippen molar-refractivity contribution in [1.82, 2.24) is 10.3 Å². The summed E-state index contributed by atoms with van der Waals surface area (Å²) in [6.45, 7) is 5.45. The van der Waals surface area contributed by atoms with Crippen LogP contribution < -0.4 is 5.32 Å². The Morgan fingerprint density at radius 2 is 2.11 bits per heavy atom. The third kappa shape index (κ3) is 4.02. The summed E-state index contributed by atoms with van der Waals surface area (Å²) in [5.41, 5.74) is 2.26. The normalized spacial score (nSPS) is 23.8. The van der Waals surface area contributed by atoms with Gasteiger partial charge < -0.3 is 10.4 Å². The fourth-order valence-electron chi connectivity index (χ4n) is 2.85. The Bertz CT molecular complexity index is 392. The highest BCUT2D eigenvalue weighted by atomic mass is 16.3. The number of aromatic nitrogens is 1. The second-order valence-electron chi connectivity index (χ2n) is 5.92. The number of rotatable bonds is 5. The maximum Gasteiger partial charge on any atom is 0.0545 e. The molecule has 1 aliphatic rings. The number of nitrogens with one attached hydrogen (secondary N) is 1. The number of aliphatic hydroxyl groups excluding tert-OH is 1. The zero-order chi connectivity index (χ0) is 13.7. The molecule has 19 heavy (non-hydrogen) atoms. The Morgan fingerprint density at radius 1 is 1.32 bits per heavy atom. The van der Waals surface area contributed by atoms with Crippen LogP contribution >= 0.6 is 0 Å². The molecule has 1 aromatic heterocycles. The van der Waals surface area contributed by atoms with E-state index in [0.29, 0.717) is 24.5 Å². The van der Waals surface area contributed by atoms with Crippen molar-refractivity contribution in [3.8, 4) is 0 Å². The smallest absolute Gasteiger partial charge is 0.0545 e. The van der Waals surface area contributed by atoms with Crippen LogP contribution in [0.25, 0.3) is 0 Å². The monoisotopic (exact) mass is 262 g/mol. The van der Waals surface area contributed by atoms with Crippen LogP contribution in [0, 0.1) is 5.92 Å². The lowest BCUT2D eigenvalue weighted by Gasteiger charge is -2.31. The zero-order valence-electron chi connectivity index (χ0n) is 12.1. The molecule has 1 saturated carbocycles. The van der Waals surface area contributed by atoms with Gasteiger partial charge in [0, 0.05) is 24.9 Å². The molecule has 0 aromatic carbocycles. The Kier molecular flexibility index (Phi) is 5.34. The standard InChI is InChI=1S/C16H26N2O/c1-12(2)15-9-5-7-14(18-15)10-17-16-8-4-3-6-13(16)11-19/h5,7,9,12-13,16-17,19H,3-4,6,8,10-11H2,1-2H3/t13-,16-/m1/s1. The average molecular weight is 262 g/mol. The predicted octanol–water partition coefficient (Wildman–Crippen LogP) is 2.85. The second-order valence-corrected chi connectivity index (χ2v) is 5.92. The number of hydrogen-bond acceptors (Lipinski definition) is 3. The van der Waals surface area contributed by atoms with Gasteiger partial charge in [0.1, 0.15) is 0 Å². The van der Waals surface area contributed by atoms with E-state index in [1.807, 2.05) is 0 Å². The first-order chi connectivity index (χ1) is 9.20. The van der Waals surface area contributed by atoms with E-state index < -0.39 is 0 Å². The quantitative estimate of drug-likeness (QED) is 0.857. The van der Waals surface area contributed by atoms with E-state index in [4.69, 9.17) is 0 Å². The molecule has 0 bridgehead atoms. The van der Waals surface area contributed by atoms with Gasteiger partial charge >= 0.3 is 0 Å². The maximum atomic E-state index is 9.42. The maximum absolute atomic E-state index is 9.42. The highest BCUT2D eigenvalue weighted by molar-refractivity contribution is 5.13. The summed E-state index contributed by atoms with van der Waals surface area (Å²) in [6, 6.07) is 6.70. The first-order valence-electron chi connectivity index (χ1n) is 7.50. The van der Waals surface area contributed by atoms with E-state index in [-0.39, 0.29) is 0 Å². The molecule has 3 nitrogen and oxygen atoms in total. The molecule has 1 heterocycles. The predicted molar refractivity (Wildman–Crippen MR) is 78.0 cm³/mol. The number of nitrogens with zero attached hydrogens (tertiary/aromatic N) is 1. The van der Waals surface area contributed by atoms with Gasteiger partial charge in [-0.05, 0) is 36.8 Å². The Balaban J connectivity index is 1.92. The molecule has 1 fully saturated rings. The van der Waals surface area contributed by atoms with Crippen molar-refractivity contribution in [1.29, 1.82) is 0 Å². The second kappa shape index (κ2) is 7.01. The van der Waals surface area contributed by atoms with Crippen molar-refractivity contribution in [3.05, 3.63) is 29.6 Å². The first kappa shape index (κ1) is 14.5. The number of hydrogen-bond donors (Lipinski definition) is 2. The molecule has 0 amide bonds. The van der Waals surface area contributed by atoms with Gasteiger partial charge in [0.05, 0.1) is 5.69 Å². The third-order valence-corrected chi connectivity index (χ3v) is 4.11. The lowest BCUT2D eigenvalue weighted by Crippen LogP contribution is -2.39. The van der Waals surface area contributed by atoms with Gasteiger partial charge in [0.2, 0.25) is 0 Å². The molecule has 0 saturated heterocycles. The van der Waals surface area contributed by atoms with Crippen LogP contribution in [0.4, 0.5) is 0 Å². The number of pyridine rings is 1. The van der Waals surface area contributed by atoms with Gasteiger partial charge in [-0.1, -0.05) is 32.8 Å². The molecule has 2 atom stereocenters. The minimum Gasteiger partial charge on any atom is -0.396 e. The SMILES string of the molecule is CC(C)c1cccc(CN[C@@H]2CCCC[C@@H]2CO)n1. The molecule has 2 N–H and O–H groups in total. The molecule has 0 unspecified atom stereocenters. The van der Waals surface area contributed by atoms with Gasteiger partial charge in [-0.15, -0.1) is 0 Å². The van der Waals surface area contributed by atoms with Crippen LogP contribution in [0.15, 0.2) is 18.2 Å². The zero-order valence-corrected chi connectivity index (χ0v) is 12.1. The van der Waals surface area contributed by atoms with Gasteiger partial charge in [-0.3, -0.25) is 4.98 Å². The van der Waals surface area contributed by atoms with Crippen molar-refractivity contribution in [2.75, 3.05) is 6.61 Å². The summed E-state index contributed by atoms with van der Waals surface area (Å²) >= 11 is 0. The molecule has 1 aromatic rings. The summed E-state index contributed by atoms with van der Waals surface area (Å²) in [5.74, 6) is 0.891. The molecular formula is C16H26N2O. The molecule has 0 radical (unpaired) electrons. The van der Waals surface area contributed by atoms with E-state index in [9.17, 15) is 5.11 Å². The van der Waals surface area contributed by atoms with Gasteiger partial charge in [-0.2, -0.15) is 0 Å². The van der Waals surface area contributed by atoms with Gasteiger partial charge in [-0.25, -0.2) is 0 Å². The molecular weight excluding hydrogens is 236 g/mol. The average Bonchev–Trinajstić information content (AvgIpc) is 2.45. The van der Waals surface area contributed by atoms with E-state index in [1.165, 1.54) is 19.3 Å². The van der Waals surface area contributed by atoms with Crippen LogP contribution in [0.3, 0.4) is 0 Å². The van der Waals surface area contributed by atoms with Crippen molar-refractivity contribution in [3.63, 3.8) is 0 Å². The fourth-order valence-corrected chi connectivity index (χ4v) is 2.85. The fraction of sp³-hybridized carbons (Fsp3) is 0.688. The summed E-state index contributed by atoms with van der Waals surface area (Å²) in [4.78, 5) is 4.68.